The molecule has 256 valence electrons. The van der Waals surface area contributed by atoms with Crippen molar-refractivity contribution in [1.29, 1.82) is 0 Å². The van der Waals surface area contributed by atoms with Crippen LogP contribution in [0.1, 0.15) is 22.3 Å². The molecule has 0 radical (unpaired) electrons. The van der Waals surface area contributed by atoms with Gasteiger partial charge in [0.05, 0.1) is 5.41 Å². The van der Waals surface area contributed by atoms with Gasteiger partial charge in [0.1, 0.15) is 0 Å². The molecule has 55 heavy (non-hydrogen) atoms. The number of para-hydroxylation sites is 1. The Morgan fingerprint density at radius 3 is 1.91 bits per heavy atom. The van der Waals surface area contributed by atoms with Crippen LogP contribution in [0.15, 0.2) is 200 Å². The van der Waals surface area contributed by atoms with Crippen molar-refractivity contribution in [3.63, 3.8) is 0 Å². The first-order valence-electron chi connectivity index (χ1n) is 19.0. The van der Waals surface area contributed by atoms with Crippen molar-refractivity contribution in [2.24, 2.45) is 0 Å². The summed E-state index contributed by atoms with van der Waals surface area (Å²) in [6, 6.07) is 74.5. The first kappa shape index (κ1) is 30.7. The summed E-state index contributed by atoms with van der Waals surface area (Å²) in [5.41, 5.74) is 16.1. The normalized spacial score (nSPS) is 15.0. The van der Waals surface area contributed by atoms with Gasteiger partial charge in [0.15, 0.2) is 0 Å². The number of thiophene rings is 1. The zero-order chi connectivity index (χ0) is 36.1. The van der Waals surface area contributed by atoms with Crippen molar-refractivity contribution in [3.05, 3.63) is 222 Å². The molecule has 9 aromatic carbocycles. The van der Waals surface area contributed by atoms with Crippen LogP contribution in [0.5, 0.6) is 0 Å². The van der Waals surface area contributed by atoms with Crippen LogP contribution in [0.4, 0.5) is 17.1 Å². The van der Waals surface area contributed by atoms with E-state index in [1.807, 2.05) is 11.3 Å². The second-order valence-electron chi connectivity index (χ2n) is 14.8. The zero-order valence-electron chi connectivity index (χ0n) is 29.9. The van der Waals surface area contributed by atoms with Crippen LogP contribution in [0, 0.1) is 0 Å². The smallest absolute Gasteiger partial charge is 0.0727 e. The zero-order valence-corrected chi connectivity index (χ0v) is 30.7. The minimum absolute atomic E-state index is 0.506. The lowest BCUT2D eigenvalue weighted by atomic mass is 9.70. The Morgan fingerprint density at radius 1 is 0.364 bits per heavy atom. The summed E-state index contributed by atoms with van der Waals surface area (Å²) in [5.74, 6) is 0. The lowest BCUT2D eigenvalue weighted by Gasteiger charge is -2.32. The summed E-state index contributed by atoms with van der Waals surface area (Å²) in [4.78, 5) is 2.43. The SMILES string of the molecule is c1ccc(-c2ccc3c(c2)C2(c4cc(N(c5ccccc5)c5ccc6ccccc6c5)ccc4-3)c3ccccc3-c3c2ccc2c3sc3ccccc32)cc1. The molecule has 1 spiro atoms. The van der Waals surface area contributed by atoms with E-state index in [0.717, 1.165) is 17.1 Å². The molecule has 1 aromatic heterocycles. The van der Waals surface area contributed by atoms with E-state index in [4.69, 9.17) is 0 Å². The molecule has 0 amide bonds. The average Bonchev–Trinajstić information content (AvgIpc) is 3.88. The van der Waals surface area contributed by atoms with E-state index in [2.05, 4.69) is 205 Å². The lowest BCUT2D eigenvalue weighted by molar-refractivity contribution is 0.794. The standard InChI is InChI=1S/C53H33NS/c1-3-13-34(14-4-1)37-24-27-41-42-28-26-40(54(38-17-5-2-6-18-38)39-25-23-35-15-7-8-16-36(35)31-39)33-49(42)53(48(41)32-37)46-21-11-9-20-45(46)51-47(53)30-29-44-43-19-10-12-22-50(43)55-52(44)51/h1-33H. The van der Waals surface area contributed by atoms with Crippen LogP contribution in [0.2, 0.25) is 0 Å². The van der Waals surface area contributed by atoms with Crippen LogP contribution < -0.4 is 4.90 Å². The third kappa shape index (κ3) is 4.29. The number of rotatable bonds is 4. The minimum atomic E-state index is -0.506. The van der Waals surface area contributed by atoms with E-state index in [-0.39, 0.29) is 0 Å². The molecule has 12 rings (SSSR count). The molecule has 0 aliphatic heterocycles. The quantitative estimate of drug-likeness (QED) is 0.175. The van der Waals surface area contributed by atoms with Gasteiger partial charge in [-0.2, -0.15) is 0 Å². The van der Waals surface area contributed by atoms with E-state index < -0.39 is 5.41 Å². The maximum absolute atomic E-state index is 2.50. The van der Waals surface area contributed by atoms with Crippen molar-refractivity contribution in [1.82, 2.24) is 0 Å². The highest BCUT2D eigenvalue weighted by atomic mass is 32.1. The second-order valence-corrected chi connectivity index (χ2v) is 15.9. The molecule has 0 saturated carbocycles. The molecule has 0 N–H and O–H groups in total. The topological polar surface area (TPSA) is 3.24 Å². The number of hydrogen-bond acceptors (Lipinski definition) is 2. The van der Waals surface area contributed by atoms with E-state index in [1.54, 1.807) is 0 Å². The summed E-state index contributed by atoms with van der Waals surface area (Å²) in [6.45, 7) is 0. The molecular weight excluding hydrogens is 683 g/mol. The number of hydrogen-bond donors (Lipinski definition) is 0. The summed E-state index contributed by atoms with van der Waals surface area (Å²) in [7, 11) is 0. The fraction of sp³-hybridized carbons (Fsp3) is 0.0189. The van der Waals surface area contributed by atoms with Gasteiger partial charge in [-0.25, -0.2) is 0 Å². The molecule has 2 aliphatic carbocycles. The van der Waals surface area contributed by atoms with Crippen LogP contribution in [-0.2, 0) is 5.41 Å². The Bertz CT molecular complexity index is 3160. The maximum Gasteiger partial charge on any atom is 0.0727 e. The molecule has 1 nitrogen and oxygen atoms in total. The van der Waals surface area contributed by atoms with Gasteiger partial charge in [0.2, 0.25) is 0 Å². The third-order valence-corrected chi connectivity index (χ3v) is 13.2. The van der Waals surface area contributed by atoms with Gasteiger partial charge in [0, 0.05) is 42.8 Å². The van der Waals surface area contributed by atoms with Gasteiger partial charge in [-0.1, -0.05) is 152 Å². The van der Waals surface area contributed by atoms with Crippen molar-refractivity contribution in [3.8, 4) is 33.4 Å². The molecule has 2 heteroatoms. The lowest BCUT2D eigenvalue weighted by Crippen LogP contribution is -2.26. The van der Waals surface area contributed by atoms with Crippen molar-refractivity contribution >= 4 is 59.3 Å². The number of benzene rings is 9. The fourth-order valence-electron chi connectivity index (χ4n) is 9.72. The Morgan fingerprint density at radius 2 is 1.04 bits per heavy atom. The summed E-state index contributed by atoms with van der Waals surface area (Å²) in [6.07, 6.45) is 0. The highest BCUT2D eigenvalue weighted by Crippen LogP contribution is 2.65. The summed E-state index contributed by atoms with van der Waals surface area (Å²) in [5, 5.41) is 5.13. The second kappa shape index (κ2) is 11.6. The molecule has 0 saturated heterocycles. The number of fused-ring (bicyclic) bond motifs is 15. The molecule has 1 atom stereocenters. The van der Waals surface area contributed by atoms with E-state index >= 15 is 0 Å². The first-order valence-corrected chi connectivity index (χ1v) is 19.8. The van der Waals surface area contributed by atoms with Crippen molar-refractivity contribution in [2.75, 3.05) is 4.90 Å². The molecule has 1 unspecified atom stereocenters. The van der Waals surface area contributed by atoms with Gasteiger partial charge in [0.25, 0.3) is 0 Å². The van der Waals surface area contributed by atoms with E-state index in [9.17, 15) is 0 Å². The molecule has 1 heterocycles. The monoisotopic (exact) mass is 715 g/mol. The molecular formula is C53H33NS. The van der Waals surface area contributed by atoms with Crippen LogP contribution >= 0.6 is 11.3 Å². The molecule has 0 bridgehead atoms. The summed E-state index contributed by atoms with van der Waals surface area (Å²) >= 11 is 1.93. The van der Waals surface area contributed by atoms with Crippen LogP contribution in [-0.4, -0.2) is 0 Å². The summed E-state index contributed by atoms with van der Waals surface area (Å²) < 4.78 is 2.70. The van der Waals surface area contributed by atoms with Crippen LogP contribution in [0.25, 0.3) is 64.3 Å². The van der Waals surface area contributed by atoms with Crippen molar-refractivity contribution < 1.29 is 0 Å². The highest BCUT2D eigenvalue weighted by Gasteiger charge is 2.52. The van der Waals surface area contributed by atoms with Gasteiger partial charge in [-0.3, -0.25) is 0 Å². The molecule has 10 aromatic rings. The van der Waals surface area contributed by atoms with E-state index in [0.29, 0.717) is 0 Å². The Hall–Kier alpha value is -6.74. The van der Waals surface area contributed by atoms with Gasteiger partial charge in [-0.05, 0) is 109 Å². The molecule has 2 aliphatic rings. The predicted molar refractivity (Wildman–Crippen MR) is 233 cm³/mol. The Balaban J connectivity index is 1.18. The maximum atomic E-state index is 2.50. The first-order chi connectivity index (χ1) is 27.3. The Labute approximate surface area is 324 Å². The average molecular weight is 716 g/mol. The predicted octanol–water partition coefficient (Wildman–Crippen LogP) is 14.7. The van der Waals surface area contributed by atoms with Crippen molar-refractivity contribution in [2.45, 2.75) is 5.41 Å². The van der Waals surface area contributed by atoms with Crippen LogP contribution in [0.3, 0.4) is 0 Å². The third-order valence-electron chi connectivity index (χ3n) is 12.0. The minimum Gasteiger partial charge on any atom is -0.310 e. The highest BCUT2D eigenvalue weighted by molar-refractivity contribution is 7.26. The van der Waals surface area contributed by atoms with E-state index in [1.165, 1.54) is 86.6 Å². The van der Waals surface area contributed by atoms with Gasteiger partial charge >= 0.3 is 0 Å². The number of anilines is 3. The fourth-order valence-corrected chi connectivity index (χ4v) is 11.0. The van der Waals surface area contributed by atoms with Gasteiger partial charge in [-0.15, -0.1) is 11.3 Å². The Kier molecular flexibility index (Phi) is 6.49. The van der Waals surface area contributed by atoms with Gasteiger partial charge < -0.3 is 4.90 Å². The molecule has 0 fully saturated rings. The number of nitrogens with zero attached hydrogens (tertiary/aromatic N) is 1. The largest absolute Gasteiger partial charge is 0.310 e.